The van der Waals surface area contributed by atoms with Crippen LogP contribution < -0.4 is 5.32 Å². The minimum absolute atomic E-state index is 0.579. The summed E-state index contributed by atoms with van der Waals surface area (Å²) in [5.41, 5.74) is 4.04. The summed E-state index contributed by atoms with van der Waals surface area (Å²) in [6.07, 6.45) is 0. The van der Waals surface area contributed by atoms with Gasteiger partial charge in [-0.3, -0.25) is 0 Å². The SMILES string of the molecule is Cc1ccc(-c2nc3nc(C)cc(Nc4ccc(Br)cc4)n3n2)cc1. The normalized spacial score (nSPS) is 11.0. The van der Waals surface area contributed by atoms with E-state index in [1.165, 1.54) is 5.56 Å². The predicted molar refractivity (Wildman–Crippen MR) is 103 cm³/mol. The summed E-state index contributed by atoms with van der Waals surface area (Å²) in [5.74, 6) is 2.07. The minimum Gasteiger partial charge on any atom is -0.340 e. The molecule has 0 aliphatic rings. The molecule has 0 radical (unpaired) electrons. The molecular weight excluding hydrogens is 378 g/mol. The number of fused-ring (bicyclic) bond motifs is 1. The van der Waals surface area contributed by atoms with Crippen LogP contribution in [0, 0.1) is 13.8 Å². The van der Waals surface area contributed by atoms with Crippen LogP contribution in [0.5, 0.6) is 0 Å². The van der Waals surface area contributed by atoms with E-state index >= 15 is 0 Å². The highest BCUT2D eigenvalue weighted by atomic mass is 79.9. The third kappa shape index (κ3) is 3.25. The molecule has 2 aromatic heterocycles. The Morgan fingerprint density at radius 1 is 0.920 bits per heavy atom. The fourth-order valence-electron chi connectivity index (χ4n) is 2.58. The molecule has 0 bridgehead atoms. The Morgan fingerprint density at radius 3 is 2.36 bits per heavy atom. The number of aryl methyl sites for hydroxylation is 2. The lowest BCUT2D eigenvalue weighted by atomic mass is 10.1. The highest BCUT2D eigenvalue weighted by Crippen LogP contribution is 2.22. The Morgan fingerprint density at radius 2 is 1.64 bits per heavy atom. The molecule has 1 N–H and O–H groups in total. The molecule has 5 nitrogen and oxygen atoms in total. The number of hydrogen-bond acceptors (Lipinski definition) is 4. The van der Waals surface area contributed by atoms with Crippen molar-refractivity contribution in [3.63, 3.8) is 0 Å². The van der Waals surface area contributed by atoms with Crippen LogP contribution >= 0.6 is 15.9 Å². The van der Waals surface area contributed by atoms with Crippen LogP contribution in [-0.2, 0) is 0 Å². The van der Waals surface area contributed by atoms with Crippen LogP contribution in [0.1, 0.15) is 11.3 Å². The van der Waals surface area contributed by atoms with Crippen molar-refractivity contribution in [2.45, 2.75) is 13.8 Å². The van der Waals surface area contributed by atoms with Gasteiger partial charge in [0.15, 0.2) is 5.82 Å². The Hall–Kier alpha value is -2.73. The van der Waals surface area contributed by atoms with Crippen LogP contribution in [0.3, 0.4) is 0 Å². The van der Waals surface area contributed by atoms with E-state index in [2.05, 4.69) is 55.4 Å². The second-order valence-corrected chi connectivity index (χ2v) is 6.84. The molecule has 0 aliphatic carbocycles. The van der Waals surface area contributed by atoms with Gasteiger partial charge in [0.1, 0.15) is 5.82 Å². The van der Waals surface area contributed by atoms with Crippen molar-refractivity contribution in [1.29, 1.82) is 0 Å². The molecule has 2 aromatic carbocycles. The fraction of sp³-hybridized carbons (Fsp3) is 0.105. The molecule has 0 aliphatic heterocycles. The molecule has 0 atom stereocenters. The van der Waals surface area contributed by atoms with E-state index < -0.39 is 0 Å². The lowest BCUT2D eigenvalue weighted by Gasteiger charge is -2.08. The number of anilines is 2. The monoisotopic (exact) mass is 393 g/mol. The molecule has 2 heterocycles. The predicted octanol–water partition coefficient (Wildman–Crippen LogP) is 4.91. The summed E-state index contributed by atoms with van der Waals surface area (Å²) in [6.45, 7) is 4.01. The van der Waals surface area contributed by atoms with E-state index in [-0.39, 0.29) is 0 Å². The van der Waals surface area contributed by atoms with Crippen molar-refractivity contribution in [3.8, 4) is 11.4 Å². The topological polar surface area (TPSA) is 55.1 Å². The summed E-state index contributed by atoms with van der Waals surface area (Å²) >= 11 is 3.45. The van der Waals surface area contributed by atoms with Crippen molar-refractivity contribution >= 4 is 33.2 Å². The number of nitrogens with one attached hydrogen (secondary N) is 1. The minimum atomic E-state index is 0.579. The maximum absolute atomic E-state index is 4.64. The molecule has 0 unspecified atom stereocenters. The maximum atomic E-state index is 4.64. The van der Waals surface area contributed by atoms with Gasteiger partial charge in [0, 0.05) is 27.5 Å². The van der Waals surface area contributed by atoms with Gasteiger partial charge in [0.25, 0.3) is 5.78 Å². The molecule has 6 heteroatoms. The summed E-state index contributed by atoms with van der Waals surface area (Å²) in [6, 6.07) is 18.1. The second-order valence-electron chi connectivity index (χ2n) is 5.93. The van der Waals surface area contributed by atoms with Crippen LogP contribution in [-0.4, -0.2) is 19.6 Å². The smallest absolute Gasteiger partial charge is 0.254 e. The third-order valence-electron chi connectivity index (χ3n) is 3.87. The largest absolute Gasteiger partial charge is 0.340 e. The van der Waals surface area contributed by atoms with E-state index in [0.717, 1.165) is 27.2 Å². The lowest BCUT2D eigenvalue weighted by Crippen LogP contribution is -2.02. The summed E-state index contributed by atoms with van der Waals surface area (Å²) in [5, 5.41) is 8.03. The second kappa shape index (κ2) is 6.29. The Labute approximate surface area is 153 Å². The zero-order valence-electron chi connectivity index (χ0n) is 13.9. The summed E-state index contributed by atoms with van der Waals surface area (Å²) in [7, 11) is 0. The fourth-order valence-corrected chi connectivity index (χ4v) is 2.85. The number of nitrogens with zero attached hydrogens (tertiary/aromatic N) is 4. The molecule has 4 aromatic rings. The molecule has 4 rings (SSSR count). The third-order valence-corrected chi connectivity index (χ3v) is 4.40. The van der Waals surface area contributed by atoms with E-state index in [1.54, 1.807) is 4.52 Å². The number of hydrogen-bond donors (Lipinski definition) is 1. The van der Waals surface area contributed by atoms with Gasteiger partial charge >= 0.3 is 0 Å². The standard InChI is InChI=1S/C19H16BrN5/c1-12-3-5-14(6-4-12)18-23-19-21-13(2)11-17(25(19)24-18)22-16-9-7-15(20)8-10-16/h3-11,22H,1-2H3. The van der Waals surface area contributed by atoms with Crippen molar-refractivity contribution in [2.24, 2.45) is 0 Å². The first kappa shape index (κ1) is 15.8. The first-order valence-electron chi connectivity index (χ1n) is 7.92. The maximum Gasteiger partial charge on any atom is 0.254 e. The van der Waals surface area contributed by atoms with Gasteiger partial charge in [-0.25, -0.2) is 4.98 Å². The van der Waals surface area contributed by atoms with Gasteiger partial charge < -0.3 is 5.32 Å². The van der Waals surface area contributed by atoms with Gasteiger partial charge in [-0.15, -0.1) is 5.10 Å². The van der Waals surface area contributed by atoms with Crippen LogP contribution in [0.15, 0.2) is 59.1 Å². The molecule has 0 spiro atoms. The van der Waals surface area contributed by atoms with E-state index in [0.29, 0.717) is 11.6 Å². The zero-order valence-corrected chi connectivity index (χ0v) is 15.4. The number of halogens is 1. The number of aromatic nitrogens is 4. The first-order valence-corrected chi connectivity index (χ1v) is 8.72. The van der Waals surface area contributed by atoms with Gasteiger partial charge in [0.2, 0.25) is 0 Å². The number of rotatable bonds is 3. The van der Waals surface area contributed by atoms with Gasteiger partial charge in [0.05, 0.1) is 0 Å². The molecule has 25 heavy (non-hydrogen) atoms. The quantitative estimate of drug-likeness (QED) is 0.536. The van der Waals surface area contributed by atoms with Crippen molar-refractivity contribution in [3.05, 3.63) is 70.3 Å². The summed E-state index contributed by atoms with van der Waals surface area (Å²) < 4.78 is 2.78. The lowest BCUT2D eigenvalue weighted by molar-refractivity contribution is 0.940. The molecular formula is C19H16BrN5. The molecule has 0 fully saturated rings. The number of benzene rings is 2. The first-order chi connectivity index (χ1) is 12.1. The Balaban J connectivity index is 1.78. The average molecular weight is 394 g/mol. The van der Waals surface area contributed by atoms with Gasteiger partial charge in [-0.1, -0.05) is 45.8 Å². The van der Waals surface area contributed by atoms with Crippen molar-refractivity contribution < 1.29 is 0 Å². The zero-order chi connectivity index (χ0) is 17.4. The Kier molecular flexibility index (Phi) is 3.97. The molecule has 0 amide bonds. The Bertz CT molecular complexity index is 1040. The van der Waals surface area contributed by atoms with E-state index in [9.17, 15) is 0 Å². The van der Waals surface area contributed by atoms with Gasteiger partial charge in [-0.05, 0) is 38.1 Å². The molecule has 0 saturated carbocycles. The van der Waals surface area contributed by atoms with E-state index in [4.69, 9.17) is 0 Å². The van der Waals surface area contributed by atoms with E-state index in [1.807, 2.05) is 49.4 Å². The molecule has 124 valence electrons. The van der Waals surface area contributed by atoms with Crippen LogP contribution in [0.2, 0.25) is 0 Å². The van der Waals surface area contributed by atoms with Crippen molar-refractivity contribution in [1.82, 2.24) is 19.6 Å². The van der Waals surface area contributed by atoms with Crippen LogP contribution in [0.25, 0.3) is 17.2 Å². The van der Waals surface area contributed by atoms with Crippen molar-refractivity contribution in [2.75, 3.05) is 5.32 Å². The average Bonchev–Trinajstić information content (AvgIpc) is 3.01. The highest BCUT2D eigenvalue weighted by Gasteiger charge is 2.11. The van der Waals surface area contributed by atoms with Gasteiger partial charge in [-0.2, -0.15) is 9.50 Å². The molecule has 0 saturated heterocycles. The summed E-state index contributed by atoms with van der Waals surface area (Å²) in [4.78, 5) is 9.08. The highest BCUT2D eigenvalue weighted by molar-refractivity contribution is 9.10. The van der Waals surface area contributed by atoms with Crippen LogP contribution in [0.4, 0.5) is 11.5 Å².